The fourth-order valence-corrected chi connectivity index (χ4v) is 9.11. The highest BCUT2D eigenvalue weighted by Crippen LogP contribution is 2.40. The van der Waals surface area contributed by atoms with E-state index in [2.05, 4.69) is 33.3 Å². The zero-order valence-electron chi connectivity index (χ0n) is 40.6. The first-order valence-electron chi connectivity index (χ1n) is 24.5. The summed E-state index contributed by atoms with van der Waals surface area (Å²) in [6.45, 7) is 12.5. The van der Waals surface area contributed by atoms with Crippen LogP contribution in [0, 0.1) is 6.92 Å². The van der Waals surface area contributed by atoms with Crippen LogP contribution in [0.1, 0.15) is 71.7 Å². The number of hydrogen-bond acceptors (Lipinski definition) is 16. The fourth-order valence-electron chi connectivity index (χ4n) is 9.11. The molecule has 0 aliphatic carbocycles. The first-order valence-corrected chi connectivity index (χ1v) is 24.5. The summed E-state index contributed by atoms with van der Waals surface area (Å²) < 4.78 is 40.0. The number of carbonyl (C=O) groups excluding carboxylic acids is 5. The highest BCUT2D eigenvalue weighted by molar-refractivity contribution is 6.24. The number of rotatable bonds is 26. The Bertz CT molecular complexity index is 2550. The van der Waals surface area contributed by atoms with E-state index in [1.165, 1.54) is 17.7 Å². The zero-order chi connectivity index (χ0) is 50.4. The predicted molar refractivity (Wildman–Crippen MR) is 260 cm³/mol. The first kappa shape index (κ1) is 51.9. The second-order valence-corrected chi connectivity index (χ2v) is 17.9. The Morgan fingerprint density at radius 2 is 1.29 bits per heavy atom. The van der Waals surface area contributed by atoms with Crippen molar-refractivity contribution in [1.82, 2.24) is 24.9 Å². The van der Waals surface area contributed by atoms with Crippen molar-refractivity contribution < 1.29 is 67.3 Å². The van der Waals surface area contributed by atoms with Gasteiger partial charge in [-0.2, -0.15) is 0 Å². The third-order valence-electron chi connectivity index (χ3n) is 13.0. The Hall–Kier alpha value is -6.45. The summed E-state index contributed by atoms with van der Waals surface area (Å²) in [5, 5.41) is 23.5. The molecule has 3 N–H and O–H groups in total. The minimum Gasteiger partial charge on any atom is -0.507 e. The number of nitrogens with one attached hydrogen (secondary N) is 1. The molecule has 0 radical (unpaired) electrons. The van der Waals surface area contributed by atoms with Crippen LogP contribution in [0.4, 0.5) is 0 Å². The van der Waals surface area contributed by atoms with Gasteiger partial charge in [-0.05, 0) is 47.7 Å². The van der Waals surface area contributed by atoms with E-state index in [9.17, 15) is 34.2 Å². The van der Waals surface area contributed by atoms with Crippen molar-refractivity contribution in [1.29, 1.82) is 0 Å². The predicted octanol–water partition coefficient (Wildman–Crippen LogP) is 3.82. The number of ether oxygens (including phenoxy) is 7. The van der Waals surface area contributed by atoms with Gasteiger partial charge in [0.2, 0.25) is 11.8 Å². The van der Waals surface area contributed by atoms with Gasteiger partial charge in [0.1, 0.15) is 47.8 Å². The van der Waals surface area contributed by atoms with Crippen LogP contribution in [0.2, 0.25) is 0 Å². The number of imide groups is 2. The maximum absolute atomic E-state index is 13.9. The van der Waals surface area contributed by atoms with Crippen LogP contribution < -0.4 is 14.8 Å². The second kappa shape index (κ2) is 25.3. The first-order chi connectivity index (χ1) is 35.0. The van der Waals surface area contributed by atoms with Crippen molar-refractivity contribution in [2.75, 3.05) is 105 Å². The number of aromatic hydroxyl groups is 2. The topological polar surface area (TPSA) is 215 Å². The third kappa shape index (κ3) is 13.1. The molecule has 1 unspecified atom stereocenters. The maximum Gasteiger partial charge on any atom is 0.266 e. The van der Waals surface area contributed by atoms with Crippen molar-refractivity contribution in [3.8, 4) is 23.0 Å². The lowest BCUT2D eigenvalue weighted by Crippen LogP contribution is -2.54. The Labute approximate surface area is 418 Å². The van der Waals surface area contributed by atoms with Gasteiger partial charge in [-0.3, -0.25) is 44.0 Å². The van der Waals surface area contributed by atoms with E-state index in [0.29, 0.717) is 78.1 Å². The van der Waals surface area contributed by atoms with Crippen molar-refractivity contribution in [2.24, 2.45) is 0 Å². The molecule has 4 aromatic carbocycles. The number of fused-ring (bicyclic) bond motifs is 2. The molecule has 2 saturated heterocycles. The molecule has 384 valence electrons. The molecule has 0 aromatic heterocycles. The van der Waals surface area contributed by atoms with Crippen molar-refractivity contribution >= 4 is 29.5 Å². The summed E-state index contributed by atoms with van der Waals surface area (Å²) in [4.78, 5) is 71.5. The third-order valence-corrected chi connectivity index (χ3v) is 13.0. The van der Waals surface area contributed by atoms with Crippen LogP contribution >= 0.6 is 0 Å². The van der Waals surface area contributed by atoms with Crippen LogP contribution in [0.3, 0.4) is 0 Å². The molecule has 72 heavy (non-hydrogen) atoms. The van der Waals surface area contributed by atoms with E-state index in [4.69, 9.17) is 33.2 Å². The van der Waals surface area contributed by atoms with Crippen molar-refractivity contribution in [3.63, 3.8) is 0 Å². The molecular weight excluding hydrogens is 931 g/mol. The molecule has 4 heterocycles. The molecule has 4 aliphatic heterocycles. The molecule has 0 spiro atoms. The second-order valence-electron chi connectivity index (χ2n) is 17.9. The monoisotopic (exact) mass is 993 g/mol. The van der Waals surface area contributed by atoms with E-state index in [0.717, 1.165) is 60.9 Å². The Morgan fingerprint density at radius 1 is 0.653 bits per heavy atom. The molecule has 5 amide bonds. The number of amides is 5. The number of nitrogens with zero attached hydrogens (tertiary/aromatic N) is 4. The minimum atomic E-state index is -1.05. The lowest BCUT2D eigenvalue weighted by molar-refractivity contribution is -0.136. The Balaban J connectivity index is 0.617. The molecule has 1 atom stereocenters. The zero-order valence-corrected chi connectivity index (χ0v) is 40.6. The number of piperidine rings is 1. The van der Waals surface area contributed by atoms with E-state index in [1.54, 1.807) is 24.0 Å². The summed E-state index contributed by atoms with van der Waals surface area (Å²) in [6.07, 6.45) is 0.122. The Morgan fingerprint density at radius 3 is 1.97 bits per heavy atom. The van der Waals surface area contributed by atoms with Gasteiger partial charge in [0.05, 0.1) is 77.2 Å². The van der Waals surface area contributed by atoms with Gasteiger partial charge < -0.3 is 48.3 Å². The molecular formula is C53H63N5O14. The van der Waals surface area contributed by atoms with Crippen LogP contribution in [0.15, 0.2) is 72.8 Å². The lowest BCUT2D eigenvalue weighted by Gasteiger charge is -2.34. The summed E-state index contributed by atoms with van der Waals surface area (Å²) in [5.74, 6) is -2.71. The highest BCUT2D eigenvalue weighted by atomic mass is 16.6. The number of carbonyl (C=O) groups is 5. The van der Waals surface area contributed by atoms with Crippen LogP contribution in [0.5, 0.6) is 23.0 Å². The van der Waals surface area contributed by atoms with Crippen LogP contribution in [-0.2, 0) is 59.5 Å². The lowest BCUT2D eigenvalue weighted by atomic mass is 10.0. The van der Waals surface area contributed by atoms with E-state index in [-0.39, 0.29) is 78.3 Å². The van der Waals surface area contributed by atoms with Gasteiger partial charge in [-0.1, -0.05) is 54.6 Å². The molecule has 19 nitrogen and oxygen atoms in total. The van der Waals surface area contributed by atoms with Gasteiger partial charge in [0.15, 0.2) is 0 Å². The molecule has 19 heteroatoms. The quantitative estimate of drug-likeness (QED) is 0.0602. The molecule has 0 saturated carbocycles. The molecule has 4 aliphatic rings. The van der Waals surface area contributed by atoms with Gasteiger partial charge in [-0.25, -0.2) is 0 Å². The number of piperazine rings is 1. The number of benzene rings is 4. The average molecular weight is 994 g/mol. The van der Waals surface area contributed by atoms with Crippen molar-refractivity contribution in [3.05, 3.63) is 117 Å². The minimum absolute atomic E-state index is 0.0445. The number of hydrogen-bond donors (Lipinski definition) is 3. The number of phenols is 2. The van der Waals surface area contributed by atoms with E-state index in [1.807, 2.05) is 30.3 Å². The summed E-state index contributed by atoms with van der Waals surface area (Å²) >= 11 is 0. The largest absolute Gasteiger partial charge is 0.507 e. The summed E-state index contributed by atoms with van der Waals surface area (Å²) in [5.41, 5.74) is 4.95. The highest BCUT2D eigenvalue weighted by Gasteiger charge is 2.46. The smallest absolute Gasteiger partial charge is 0.266 e. The fraction of sp³-hybridized carbons (Fsp3) is 0.453. The van der Waals surface area contributed by atoms with E-state index >= 15 is 0 Å². The van der Waals surface area contributed by atoms with Gasteiger partial charge in [0, 0.05) is 70.4 Å². The molecule has 0 bridgehead atoms. The van der Waals surface area contributed by atoms with E-state index < -0.39 is 29.7 Å². The summed E-state index contributed by atoms with van der Waals surface area (Å²) in [6, 6.07) is 20.8. The normalized spacial score (nSPS) is 17.1. The standard InChI is InChI=1S/C53H63N5O14/c1-36-43(59)31-44(60)48(49(36)72-35-37-6-3-2-4-7-37)52(64)57-33-39-11-10-38(30-40(39)34-57)32-56-16-14-55(15-17-56)18-19-66-20-21-67-22-23-68-24-25-69-26-27-70-28-29-71-45-9-5-8-41-47(45)53(65)58(51(41)63)42-12-13-46(61)54-50(42)62/h2-11,30-31,42,59-60H,12-29,32-35H2,1H3,(H,54,61,62). The van der Waals surface area contributed by atoms with Crippen LogP contribution in [0.25, 0.3) is 0 Å². The molecule has 8 rings (SSSR count). The number of phenolic OH excluding ortho intramolecular Hbond substituents is 2. The summed E-state index contributed by atoms with van der Waals surface area (Å²) in [7, 11) is 0. The van der Waals surface area contributed by atoms with Gasteiger partial charge in [-0.15, -0.1) is 0 Å². The van der Waals surface area contributed by atoms with Gasteiger partial charge in [0.25, 0.3) is 17.7 Å². The average Bonchev–Trinajstić information content (AvgIpc) is 3.92. The molecule has 4 aromatic rings. The maximum atomic E-state index is 13.9. The van der Waals surface area contributed by atoms with Gasteiger partial charge >= 0.3 is 0 Å². The molecule has 2 fully saturated rings. The van der Waals surface area contributed by atoms with Crippen molar-refractivity contribution in [2.45, 2.75) is 52.0 Å². The SMILES string of the molecule is Cc1c(O)cc(O)c(C(=O)N2Cc3ccc(CN4CCN(CCOCCOCCOCCOCCOCCOc5cccc6c5C(=O)N(C5CCC(=O)NC5=O)C6=O)CC4)cc3C2)c1OCc1ccccc1. The van der Waals surface area contributed by atoms with Crippen LogP contribution in [-0.4, -0.2) is 171 Å². The Kier molecular flexibility index (Phi) is 18.2.